The van der Waals surface area contributed by atoms with Gasteiger partial charge in [0.1, 0.15) is 47.6 Å². The second kappa shape index (κ2) is 29.8. The standard InChI is InChI=1S/C50H65N9O15S3/c1-50(2,3)73-49(69)59-38(24-30-15-17-32(18-16-30)74-77(70,71)72)46(66)55-35(19-21-75-4)44(64)53-28-41(60)54-39(25-31-27-52-34-14-10-9-13-33(31)34)47(67)56-36(20-22-76-5)45(65)58-40(26-42(61)62)48(68)57-37(43(51)63)23-29-11-7-6-8-12-29/h6-18,27,35-40,52H,19-26,28H2,1-5H3,(H2,51,63)(H,53,64)(H,54,60)(H,55,66)(H,56,67)(H,57,68)(H,58,65)(H,59,69)(H,61,62)(H,70,71,72)/t35-,36-,37-,38-,39-,40-/m0/s1. The number of H-pyrrole nitrogens is 1. The van der Waals surface area contributed by atoms with Gasteiger partial charge in [-0.3, -0.25) is 42.9 Å². The number of aliphatic carboxylic acids is 1. The van der Waals surface area contributed by atoms with E-state index in [4.69, 9.17) is 15.0 Å². The van der Waals surface area contributed by atoms with E-state index in [1.165, 1.54) is 47.8 Å². The van der Waals surface area contributed by atoms with Gasteiger partial charge in [0.2, 0.25) is 41.4 Å². The SMILES string of the molecule is CSCC[C@H](NC(=O)[C@H](Cc1ccc(OS(=O)(=O)O)cc1)NC(=O)OC(C)(C)C)C(=O)NCC(=O)N[C@@H](Cc1c[nH]c2ccccc12)C(=O)N[C@@H](CCSC)C(=O)N[C@@H](CC(=O)O)C(=O)N[C@@H](Cc1ccccc1)C(N)=O. The van der Waals surface area contributed by atoms with E-state index in [-0.39, 0.29) is 37.9 Å². The van der Waals surface area contributed by atoms with Crippen LogP contribution >= 0.6 is 23.5 Å². The first-order chi connectivity index (χ1) is 36.3. The van der Waals surface area contributed by atoms with Crippen molar-refractivity contribution in [3.8, 4) is 5.75 Å². The number of aromatic nitrogens is 1. The Balaban J connectivity index is 1.53. The number of fused-ring (bicyclic) bond motifs is 1. The van der Waals surface area contributed by atoms with Gasteiger partial charge in [0.25, 0.3) is 0 Å². The van der Waals surface area contributed by atoms with Gasteiger partial charge in [-0.1, -0.05) is 60.7 Å². The van der Waals surface area contributed by atoms with Gasteiger partial charge in [-0.15, -0.1) is 0 Å². The van der Waals surface area contributed by atoms with Crippen LogP contribution in [-0.2, 0) is 72.8 Å². The number of nitrogens with two attached hydrogens (primary N) is 1. The Morgan fingerprint density at radius 1 is 0.636 bits per heavy atom. The number of carboxylic acid groups (broad SMARTS) is 1. The zero-order valence-electron chi connectivity index (χ0n) is 42.9. The third-order valence-electron chi connectivity index (χ3n) is 11.2. The summed E-state index contributed by atoms with van der Waals surface area (Å²) in [5.74, 6) is -7.27. The van der Waals surface area contributed by atoms with Crippen LogP contribution in [-0.4, -0.2) is 149 Å². The van der Waals surface area contributed by atoms with Gasteiger partial charge in [-0.05, 0) is 92.5 Å². The van der Waals surface area contributed by atoms with Crippen molar-refractivity contribution in [3.05, 3.63) is 102 Å². The van der Waals surface area contributed by atoms with Crippen LogP contribution in [0, 0.1) is 0 Å². The van der Waals surface area contributed by atoms with Gasteiger partial charge in [-0.25, -0.2) is 4.79 Å². The van der Waals surface area contributed by atoms with Crippen LogP contribution in [0.3, 0.4) is 0 Å². The van der Waals surface area contributed by atoms with Crippen molar-refractivity contribution in [2.45, 2.75) is 101 Å². The number of hydrogen-bond acceptors (Lipinski definition) is 15. The molecule has 12 N–H and O–H groups in total. The molecule has 24 nitrogen and oxygen atoms in total. The molecule has 0 aliphatic heterocycles. The minimum absolute atomic E-state index is 0.0164. The van der Waals surface area contributed by atoms with Gasteiger partial charge in [-0.2, -0.15) is 31.9 Å². The quantitative estimate of drug-likeness (QED) is 0.0328. The molecule has 0 bridgehead atoms. The topological polar surface area (TPSA) is 373 Å². The van der Waals surface area contributed by atoms with Crippen LogP contribution in [0.1, 0.15) is 56.7 Å². The number of carbonyl (C=O) groups is 9. The van der Waals surface area contributed by atoms with Crippen LogP contribution in [0.15, 0.2) is 85.1 Å². The molecule has 0 aliphatic carbocycles. The molecular weight excluding hydrogens is 1060 g/mol. The van der Waals surface area contributed by atoms with Crippen molar-refractivity contribution >= 4 is 98.2 Å². The number of hydrogen-bond donors (Lipinski definition) is 11. The first kappa shape index (κ1) is 62.2. The molecule has 4 aromatic rings. The molecule has 0 saturated heterocycles. The molecule has 3 aromatic carbocycles. The van der Waals surface area contributed by atoms with Gasteiger partial charge < -0.3 is 62.0 Å². The van der Waals surface area contributed by atoms with Crippen molar-refractivity contribution in [1.29, 1.82) is 0 Å². The van der Waals surface area contributed by atoms with E-state index in [0.29, 0.717) is 39.1 Å². The number of thioether (sulfide) groups is 2. The highest BCUT2D eigenvalue weighted by Crippen LogP contribution is 2.20. The highest BCUT2D eigenvalue weighted by Gasteiger charge is 2.34. The number of rotatable bonds is 30. The smallest absolute Gasteiger partial charge is 0.446 e. The van der Waals surface area contributed by atoms with E-state index in [0.717, 1.165) is 0 Å². The van der Waals surface area contributed by atoms with Crippen molar-refractivity contribution in [2.24, 2.45) is 5.73 Å². The molecule has 6 atom stereocenters. The van der Waals surface area contributed by atoms with Crippen LogP contribution in [0.5, 0.6) is 5.75 Å². The molecule has 1 heterocycles. The Morgan fingerprint density at radius 2 is 1.14 bits per heavy atom. The van der Waals surface area contributed by atoms with E-state index in [1.54, 1.807) is 94.1 Å². The number of alkyl carbamates (subject to hydrolysis) is 1. The van der Waals surface area contributed by atoms with E-state index < -0.39 is 119 Å². The number of amides is 8. The van der Waals surface area contributed by atoms with E-state index in [1.807, 2.05) is 0 Å². The Kier molecular flexibility index (Phi) is 24.1. The number of carboxylic acids is 1. The van der Waals surface area contributed by atoms with Crippen LogP contribution in [0.2, 0.25) is 0 Å². The summed E-state index contributed by atoms with van der Waals surface area (Å²) in [5, 5.41) is 28.1. The fraction of sp³-hybridized carbons (Fsp3) is 0.420. The van der Waals surface area contributed by atoms with Gasteiger partial charge in [0.15, 0.2) is 0 Å². The number of ether oxygens (including phenoxy) is 1. The Hall–Kier alpha value is -7.36. The predicted molar refractivity (Wildman–Crippen MR) is 288 cm³/mol. The summed E-state index contributed by atoms with van der Waals surface area (Å²) in [6, 6.07) is 12.5. The normalized spacial score (nSPS) is 13.7. The highest BCUT2D eigenvalue weighted by molar-refractivity contribution is 7.98. The predicted octanol–water partition coefficient (Wildman–Crippen LogP) is 1.28. The van der Waals surface area contributed by atoms with Crippen LogP contribution < -0.4 is 47.1 Å². The van der Waals surface area contributed by atoms with Crippen molar-refractivity contribution in [1.82, 2.24) is 42.2 Å². The molecule has 0 unspecified atom stereocenters. The summed E-state index contributed by atoms with van der Waals surface area (Å²) >= 11 is 2.68. The molecule has 0 aliphatic rings. The number of carbonyl (C=O) groups excluding carboxylic acids is 8. The number of aromatic amines is 1. The van der Waals surface area contributed by atoms with Crippen molar-refractivity contribution < 1.29 is 70.1 Å². The summed E-state index contributed by atoms with van der Waals surface area (Å²) < 4.78 is 41.3. The number of para-hydroxylation sites is 1. The minimum Gasteiger partial charge on any atom is -0.481 e. The molecule has 1 aromatic heterocycles. The fourth-order valence-corrected chi connectivity index (χ4v) is 8.81. The minimum atomic E-state index is -4.83. The first-order valence-electron chi connectivity index (χ1n) is 24.0. The monoisotopic (exact) mass is 1130 g/mol. The van der Waals surface area contributed by atoms with E-state index in [2.05, 4.69) is 46.4 Å². The first-order valence-corrected chi connectivity index (χ1v) is 28.1. The van der Waals surface area contributed by atoms with Crippen molar-refractivity contribution in [3.63, 3.8) is 0 Å². The molecule has 4 rings (SSSR count). The fourth-order valence-electron chi connectivity index (χ4n) is 7.52. The maximum absolute atomic E-state index is 14.4. The maximum atomic E-state index is 14.4. The van der Waals surface area contributed by atoms with Gasteiger partial charge in [0, 0.05) is 36.4 Å². The second-order valence-corrected chi connectivity index (χ2v) is 21.5. The third kappa shape index (κ3) is 22.0. The molecule has 77 heavy (non-hydrogen) atoms. The number of nitrogens with one attached hydrogen (secondary N) is 8. The number of benzene rings is 3. The summed E-state index contributed by atoms with van der Waals surface area (Å²) in [5.41, 5.74) is 6.96. The lowest BCUT2D eigenvalue weighted by molar-refractivity contribution is -0.141. The average Bonchev–Trinajstić information content (AvgIpc) is 3.77. The molecular formula is C50H65N9O15S3. The summed E-state index contributed by atoms with van der Waals surface area (Å²) in [7, 11) is -4.83. The Labute approximate surface area is 453 Å². The van der Waals surface area contributed by atoms with Crippen molar-refractivity contribution in [2.75, 3.05) is 30.6 Å². The Morgan fingerprint density at radius 3 is 1.71 bits per heavy atom. The third-order valence-corrected chi connectivity index (χ3v) is 12.9. The lowest BCUT2D eigenvalue weighted by Gasteiger charge is -2.26. The second-order valence-electron chi connectivity index (χ2n) is 18.5. The Bertz CT molecular complexity index is 2810. The molecule has 0 radical (unpaired) electrons. The summed E-state index contributed by atoms with van der Waals surface area (Å²) in [4.78, 5) is 124. The zero-order valence-corrected chi connectivity index (χ0v) is 45.4. The molecule has 0 saturated carbocycles. The molecule has 0 spiro atoms. The highest BCUT2D eigenvalue weighted by atomic mass is 32.3. The lowest BCUT2D eigenvalue weighted by Crippen LogP contribution is -2.59. The summed E-state index contributed by atoms with van der Waals surface area (Å²) in [6.07, 6.45) is 2.97. The average molecular weight is 1130 g/mol. The summed E-state index contributed by atoms with van der Waals surface area (Å²) in [6.45, 7) is 4.12. The van der Waals surface area contributed by atoms with Crippen LogP contribution in [0.25, 0.3) is 10.9 Å². The van der Waals surface area contributed by atoms with E-state index in [9.17, 15) is 56.7 Å². The molecule has 418 valence electrons. The van der Waals surface area contributed by atoms with Gasteiger partial charge in [0.05, 0.1) is 13.0 Å². The molecule has 27 heteroatoms. The zero-order chi connectivity index (χ0) is 56.9. The largest absolute Gasteiger partial charge is 0.481 e. The number of primary amides is 1. The maximum Gasteiger partial charge on any atom is 0.446 e. The molecule has 8 amide bonds. The molecule has 0 fully saturated rings. The van der Waals surface area contributed by atoms with Crippen LogP contribution in [0.4, 0.5) is 4.79 Å². The van der Waals surface area contributed by atoms with E-state index >= 15 is 0 Å². The lowest BCUT2D eigenvalue weighted by atomic mass is 10.0. The van der Waals surface area contributed by atoms with Gasteiger partial charge >= 0.3 is 22.5 Å².